The molecule has 2 aliphatic rings. The van der Waals surface area contributed by atoms with Crippen LogP contribution in [0.15, 0.2) is 42.5 Å². The highest BCUT2D eigenvalue weighted by molar-refractivity contribution is 6.30. The van der Waals surface area contributed by atoms with E-state index in [0.717, 1.165) is 56.4 Å². The molecule has 2 aromatic carbocycles. The molecule has 3 amide bonds. The van der Waals surface area contributed by atoms with Crippen molar-refractivity contribution in [3.05, 3.63) is 64.2 Å². The molecule has 0 aromatic heterocycles. The number of rotatable bonds is 13. The van der Waals surface area contributed by atoms with Crippen LogP contribution in [0.1, 0.15) is 72.9 Å². The van der Waals surface area contributed by atoms with Gasteiger partial charge in [-0.1, -0.05) is 36.7 Å². The number of imide groups is 1. The number of hydrogen-bond acceptors (Lipinski definition) is 6. The van der Waals surface area contributed by atoms with Crippen LogP contribution < -0.4 is 10.1 Å². The molecule has 9 heteroatoms. The predicted molar refractivity (Wildman–Crippen MR) is 148 cm³/mol. The van der Waals surface area contributed by atoms with Gasteiger partial charge >= 0.3 is 0 Å². The van der Waals surface area contributed by atoms with Gasteiger partial charge in [0.15, 0.2) is 0 Å². The molecular formula is C30H35ClN4O4. The number of nitriles is 1. The number of nitrogens with one attached hydrogen (secondary N) is 1. The number of carbonyl (C=O) groups is 3. The number of nitrogens with zero attached hydrogens (tertiary/aromatic N) is 3. The quantitative estimate of drug-likeness (QED) is 0.287. The van der Waals surface area contributed by atoms with Gasteiger partial charge in [-0.15, -0.1) is 0 Å². The van der Waals surface area contributed by atoms with Crippen molar-refractivity contribution >= 4 is 29.3 Å². The molecule has 0 saturated carbocycles. The van der Waals surface area contributed by atoms with Gasteiger partial charge in [-0.3, -0.25) is 19.7 Å². The van der Waals surface area contributed by atoms with E-state index in [1.807, 2.05) is 30.3 Å². The smallest absolute Gasteiger partial charge is 0.255 e. The molecule has 8 nitrogen and oxygen atoms in total. The van der Waals surface area contributed by atoms with E-state index in [1.165, 1.54) is 0 Å². The highest BCUT2D eigenvalue weighted by atomic mass is 35.5. The highest BCUT2D eigenvalue weighted by Crippen LogP contribution is 2.33. The summed E-state index contributed by atoms with van der Waals surface area (Å²) in [6.45, 7) is 5.73. The molecule has 39 heavy (non-hydrogen) atoms. The summed E-state index contributed by atoms with van der Waals surface area (Å²) in [5, 5.41) is 12.6. The van der Waals surface area contributed by atoms with E-state index < -0.39 is 11.9 Å². The zero-order valence-corrected chi connectivity index (χ0v) is 23.1. The number of carbonyl (C=O) groups excluding carboxylic acids is 3. The normalized spacial score (nSPS) is 17.6. The molecule has 2 aromatic rings. The van der Waals surface area contributed by atoms with Crippen molar-refractivity contribution in [1.29, 1.82) is 5.26 Å². The predicted octanol–water partition coefficient (Wildman–Crippen LogP) is 4.67. The molecule has 0 spiro atoms. The third-order valence-electron chi connectivity index (χ3n) is 7.50. The number of halogens is 1. The van der Waals surface area contributed by atoms with E-state index in [9.17, 15) is 19.6 Å². The van der Waals surface area contributed by atoms with E-state index in [2.05, 4.69) is 23.2 Å². The molecule has 2 aliphatic heterocycles. The van der Waals surface area contributed by atoms with Gasteiger partial charge in [0.05, 0.1) is 25.1 Å². The average molecular weight is 551 g/mol. The number of unbranched alkanes of at least 4 members (excludes halogenated alkanes) is 2. The van der Waals surface area contributed by atoms with Gasteiger partial charge in [0.25, 0.3) is 5.91 Å². The van der Waals surface area contributed by atoms with E-state index in [-0.39, 0.29) is 24.2 Å². The lowest BCUT2D eigenvalue weighted by Crippen LogP contribution is -2.52. The Morgan fingerprint density at radius 2 is 1.97 bits per heavy atom. The van der Waals surface area contributed by atoms with Crippen LogP contribution in [-0.4, -0.2) is 59.8 Å². The Labute approximate surface area is 234 Å². The van der Waals surface area contributed by atoms with E-state index in [1.54, 1.807) is 17.0 Å². The van der Waals surface area contributed by atoms with Crippen molar-refractivity contribution in [3.63, 3.8) is 0 Å². The zero-order valence-electron chi connectivity index (χ0n) is 22.3. The summed E-state index contributed by atoms with van der Waals surface area (Å²) in [5.41, 5.74) is 2.33. The number of fused-ring (bicyclic) bond motifs is 1. The third-order valence-corrected chi connectivity index (χ3v) is 7.74. The van der Waals surface area contributed by atoms with Gasteiger partial charge < -0.3 is 14.5 Å². The Hall–Kier alpha value is -3.41. The van der Waals surface area contributed by atoms with Gasteiger partial charge in [-0.05, 0) is 81.6 Å². The second-order valence-corrected chi connectivity index (χ2v) is 10.5. The molecule has 206 valence electrons. The van der Waals surface area contributed by atoms with Crippen LogP contribution in [0.4, 0.5) is 0 Å². The SMILES string of the molecule is CCN(CCCCCOc1cccc2c1CN(C1CCC(=O)NC1=O)C2=O)CC[C@H](C#N)c1cccc(Cl)c1. The van der Waals surface area contributed by atoms with Crippen LogP contribution in [-0.2, 0) is 16.1 Å². The van der Waals surface area contributed by atoms with Gasteiger partial charge in [0.1, 0.15) is 11.8 Å². The van der Waals surface area contributed by atoms with Crippen molar-refractivity contribution in [2.75, 3.05) is 26.2 Å². The van der Waals surface area contributed by atoms with Crippen LogP contribution in [0, 0.1) is 11.3 Å². The summed E-state index contributed by atoms with van der Waals surface area (Å²) >= 11 is 6.10. The first kappa shape index (κ1) is 28.6. The summed E-state index contributed by atoms with van der Waals surface area (Å²) in [6.07, 6.45) is 4.25. The standard InChI is InChI=1S/C30H35ClN4O4/c1-2-34(16-14-22(19-32)21-8-6-9-23(31)18-21)15-4-3-5-17-39-27-11-7-10-24-25(27)20-35(30(24)38)26-12-13-28(36)33-29(26)37/h6-11,18,22,26H,2-5,12-17,20H2,1H3,(H,33,36,37)/t22-,26?/m1/s1. The van der Waals surface area contributed by atoms with Gasteiger partial charge in [-0.25, -0.2) is 0 Å². The minimum atomic E-state index is -0.633. The second-order valence-electron chi connectivity index (χ2n) is 10.1. The molecule has 1 unspecified atom stereocenters. The van der Waals surface area contributed by atoms with Crippen molar-refractivity contribution in [2.24, 2.45) is 0 Å². The minimum Gasteiger partial charge on any atom is -0.493 e. The Kier molecular flexibility index (Phi) is 9.96. The van der Waals surface area contributed by atoms with E-state index >= 15 is 0 Å². The number of piperidine rings is 1. The Morgan fingerprint density at radius 3 is 2.72 bits per heavy atom. The van der Waals surface area contributed by atoms with Crippen molar-refractivity contribution < 1.29 is 19.1 Å². The van der Waals surface area contributed by atoms with Crippen LogP contribution in [0.25, 0.3) is 0 Å². The fourth-order valence-electron chi connectivity index (χ4n) is 5.26. The number of ether oxygens (including phenoxy) is 1. The summed E-state index contributed by atoms with van der Waals surface area (Å²) in [6, 6.07) is 14.7. The first-order valence-electron chi connectivity index (χ1n) is 13.7. The second kappa shape index (κ2) is 13.6. The summed E-state index contributed by atoms with van der Waals surface area (Å²) in [5.74, 6) is -0.399. The van der Waals surface area contributed by atoms with E-state index in [0.29, 0.717) is 35.9 Å². The largest absolute Gasteiger partial charge is 0.493 e. The lowest BCUT2D eigenvalue weighted by molar-refractivity contribution is -0.136. The summed E-state index contributed by atoms with van der Waals surface area (Å²) in [4.78, 5) is 40.7. The van der Waals surface area contributed by atoms with Gasteiger partial charge in [-0.2, -0.15) is 5.26 Å². The zero-order chi connectivity index (χ0) is 27.8. The van der Waals surface area contributed by atoms with Crippen LogP contribution in [0.5, 0.6) is 5.75 Å². The van der Waals surface area contributed by atoms with Crippen molar-refractivity contribution in [1.82, 2.24) is 15.1 Å². The molecule has 1 fully saturated rings. The van der Waals surface area contributed by atoms with Crippen molar-refractivity contribution in [3.8, 4) is 11.8 Å². The lowest BCUT2D eigenvalue weighted by atomic mass is 9.97. The van der Waals surface area contributed by atoms with Crippen LogP contribution in [0.2, 0.25) is 5.02 Å². The number of amides is 3. The van der Waals surface area contributed by atoms with E-state index in [4.69, 9.17) is 16.3 Å². The van der Waals surface area contributed by atoms with Crippen LogP contribution >= 0.6 is 11.6 Å². The third kappa shape index (κ3) is 7.17. The molecule has 1 saturated heterocycles. The van der Waals surface area contributed by atoms with Crippen molar-refractivity contribution in [2.45, 2.75) is 64.0 Å². The van der Waals surface area contributed by atoms with Gasteiger partial charge in [0, 0.05) is 22.6 Å². The molecule has 0 bridgehead atoms. The Bertz CT molecular complexity index is 1240. The molecule has 1 N–H and O–H groups in total. The molecule has 0 aliphatic carbocycles. The number of hydrogen-bond donors (Lipinski definition) is 1. The molecule has 4 rings (SSSR count). The number of benzene rings is 2. The summed E-state index contributed by atoms with van der Waals surface area (Å²) < 4.78 is 6.07. The molecular weight excluding hydrogens is 516 g/mol. The van der Waals surface area contributed by atoms with Crippen LogP contribution in [0.3, 0.4) is 0 Å². The summed E-state index contributed by atoms with van der Waals surface area (Å²) in [7, 11) is 0. The maximum absolute atomic E-state index is 13.0. The lowest BCUT2D eigenvalue weighted by Gasteiger charge is -2.29. The Morgan fingerprint density at radius 1 is 1.15 bits per heavy atom. The molecule has 2 heterocycles. The molecule has 2 atom stereocenters. The monoisotopic (exact) mass is 550 g/mol. The average Bonchev–Trinajstić information content (AvgIpc) is 3.26. The maximum atomic E-state index is 13.0. The van der Waals surface area contributed by atoms with Gasteiger partial charge in [0.2, 0.25) is 11.8 Å². The Balaban J connectivity index is 1.20. The highest BCUT2D eigenvalue weighted by Gasteiger charge is 2.40. The fraction of sp³-hybridized carbons (Fsp3) is 0.467. The topological polar surface area (TPSA) is 103 Å². The fourth-order valence-corrected chi connectivity index (χ4v) is 5.46. The maximum Gasteiger partial charge on any atom is 0.255 e. The minimum absolute atomic E-state index is 0.170. The first-order chi connectivity index (χ1) is 18.9. The first-order valence-corrected chi connectivity index (χ1v) is 14.1. The molecule has 0 radical (unpaired) electrons.